The number of fused-ring (bicyclic) bond motifs is 2. The van der Waals surface area contributed by atoms with Gasteiger partial charge in [0, 0.05) is 6.92 Å². The van der Waals surface area contributed by atoms with Crippen LogP contribution in [0, 0.1) is 0 Å². The second-order valence-electron chi connectivity index (χ2n) is 6.22. The van der Waals surface area contributed by atoms with Crippen molar-refractivity contribution in [2.24, 2.45) is 0 Å². The Bertz CT molecular complexity index is 807. The third kappa shape index (κ3) is 7.76. The Morgan fingerprint density at radius 2 is 1.32 bits per heavy atom. The van der Waals surface area contributed by atoms with Crippen molar-refractivity contribution in [1.29, 1.82) is 0 Å². The minimum atomic E-state index is -10.7. The van der Waals surface area contributed by atoms with Crippen LogP contribution in [-0.4, -0.2) is 0 Å². The van der Waals surface area contributed by atoms with Crippen LogP contribution in [-0.2, 0) is 10.9 Å². The van der Waals surface area contributed by atoms with Crippen molar-refractivity contribution < 1.29 is 29.9 Å². The Balaban J connectivity index is 0.000000345. The molecule has 0 N–H and O–H groups in total. The van der Waals surface area contributed by atoms with Crippen LogP contribution in [0.25, 0.3) is 0 Å². The van der Waals surface area contributed by atoms with Crippen LogP contribution in [0.4, 0.5) is 25.2 Å². The molecule has 3 rings (SSSR count). The van der Waals surface area contributed by atoms with Gasteiger partial charge in [0.25, 0.3) is 0 Å². The minimum absolute atomic E-state index is 0.00664. The summed E-state index contributed by atoms with van der Waals surface area (Å²) in [6.45, 7) is 4.50. The SMILES string of the molecule is CCCC/C=C(\C)[S+]1c2ccccc2Oc2ccccc21.F[P-](F)(F)(F)(F)F. The maximum absolute atomic E-state index is 10.7. The van der Waals surface area contributed by atoms with Crippen LogP contribution in [0.15, 0.2) is 69.3 Å². The zero-order valence-electron chi connectivity index (χ0n) is 15.3. The molecule has 28 heavy (non-hydrogen) atoms. The van der Waals surface area contributed by atoms with Crippen LogP contribution in [0.1, 0.15) is 33.1 Å². The quantitative estimate of drug-likeness (QED) is 0.198. The monoisotopic (exact) mass is 442 g/mol. The van der Waals surface area contributed by atoms with Gasteiger partial charge < -0.3 is 4.74 Å². The molecule has 0 radical (unpaired) electrons. The van der Waals surface area contributed by atoms with Gasteiger partial charge >= 0.3 is 33.0 Å². The fraction of sp³-hybridized carbons (Fsp3) is 0.263. The first-order chi connectivity index (χ1) is 12.8. The van der Waals surface area contributed by atoms with Gasteiger partial charge in [-0.25, -0.2) is 0 Å². The van der Waals surface area contributed by atoms with Gasteiger partial charge in [0.15, 0.2) is 11.5 Å². The fourth-order valence-corrected chi connectivity index (χ4v) is 4.85. The zero-order valence-corrected chi connectivity index (χ0v) is 17.1. The van der Waals surface area contributed by atoms with E-state index >= 15 is 0 Å². The van der Waals surface area contributed by atoms with Crippen molar-refractivity contribution in [3.8, 4) is 11.5 Å². The summed E-state index contributed by atoms with van der Waals surface area (Å²) in [6.07, 6.45) is 6.07. The number of allylic oxidation sites excluding steroid dienone is 2. The summed E-state index contributed by atoms with van der Waals surface area (Å²) in [4.78, 5) is 4.06. The van der Waals surface area contributed by atoms with E-state index in [1.54, 1.807) is 0 Å². The third-order valence-electron chi connectivity index (χ3n) is 3.67. The topological polar surface area (TPSA) is 9.23 Å². The normalized spacial score (nSPS) is 16.5. The number of unbranched alkanes of at least 4 members (excludes halogenated alkanes) is 2. The van der Waals surface area contributed by atoms with E-state index in [1.807, 2.05) is 12.1 Å². The van der Waals surface area contributed by atoms with Crippen LogP contribution in [0.2, 0.25) is 0 Å². The number of halogens is 6. The molecule has 9 heteroatoms. The van der Waals surface area contributed by atoms with E-state index in [0.717, 1.165) is 17.9 Å². The van der Waals surface area contributed by atoms with Gasteiger partial charge in [0.05, 0.1) is 0 Å². The number of ether oxygens (including phenoxy) is 1. The molecule has 156 valence electrons. The standard InChI is InChI=1S/C19H21OS.F6P/c1-3-4-5-10-15(2)21-18-13-8-6-11-16(18)20-17-12-7-9-14-19(17)21;1-7(2,3,4,5)6/h6-14H,3-5H2,1-2H3;/q+1;-1/b15-10+;. The summed E-state index contributed by atoms with van der Waals surface area (Å²) in [6, 6.07) is 16.9. The van der Waals surface area contributed by atoms with Crippen molar-refractivity contribution in [3.63, 3.8) is 0 Å². The summed E-state index contributed by atoms with van der Waals surface area (Å²) in [5.41, 5.74) is 0. The molecule has 2 aromatic carbocycles. The molecule has 1 aliphatic heterocycles. The first kappa shape index (κ1) is 22.6. The van der Waals surface area contributed by atoms with Crippen molar-refractivity contribution >= 4 is 18.7 Å². The van der Waals surface area contributed by atoms with Crippen LogP contribution < -0.4 is 4.74 Å². The summed E-state index contributed by atoms with van der Waals surface area (Å²) in [5, 5.41) is 0. The predicted octanol–water partition coefficient (Wildman–Crippen LogP) is 9.30. The van der Waals surface area contributed by atoms with Crippen molar-refractivity contribution in [3.05, 3.63) is 59.5 Å². The molecule has 0 atom stereocenters. The van der Waals surface area contributed by atoms with E-state index in [4.69, 9.17) is 4.74 Å². The van der Waals surface area contributed by atoms with Gasteiger partial charge in [-0.15, -0.1) is 0 Å². The molecule has 1 heterocycles. The number of hydrogen-bond donors (Lipinski definition) is 0. The molecule has 0 unspecified atom stereocenters. The molecule has 1 aliphatic rings. The van der Waals surface area contributed by atoms with Crippen molar-refractivity contribution in [1.82, 2.24) is 0 Å². The summed E-state index contributed by atoms with van der Waals surface area (Å²) in [5.74, 6) is 2.01. The average Bonchev–Trinajstić information content (AvgIpc) is 2.57. The second-order valence-corrected chi connectivity index (χ2v) is 10.3. The van der Waals surface area contributed by atoms with Gasteiger partial charge in [0.2, 0.25) is 9.79 Å². The van der Waals surface area contributed by atoms with Crippen LogP contribution in [0.5, 0.6) is 11.5 Å². The molecular weight excluding hydrogens is 421 g/mol. The van der Waals surface area contributed by atoms with Gasteiger partial charge in [-0.1, -0.05) is 37.6 Å². The van der Waals surface area contributed by atoms with Crippen molar-refractivity contribution in [2.75, 3.05) is 0 Å². The molecule has 0 saturated carbocycles. The summed E-state index contributed by atoms with van der Waals surface area (Å²) in [7, 11) is -10.7. The maximum atomic E-state index is 9.87. The third-order valence-corrected chi connectivity index (χ3v) is 6.03. The van der Waals surface area contributed by atoms with E-state index in [0.29, 0.717) is 0 Å². The van der Waals surface area contributed by atoms with E-state index in [9.17, 15) is 25.2 Å². The zero-order chi connectivity index (χ0) is 21.1. The van der Waals surface area contributed by atoms with E-state index in [2.05, 4.69) is 56.3 Å². The summed E-state index contributed by atoms with van der Waals surface area (Å²) >= 11 is 0. The summed E-state index contributed by atoms with van der Waals surface area (Å²) < 4.78 is 65.3. The van der Waals surface area contributed by atoms with E-state index < -0.39 is 7.81 Å². The Labute approximate surface area is 163 Å². The molecule has 0 saturated heterocycles. The van der Waals surface area contributed by atoms with Gasteiger partial charge in [-0.2, -0.15) is 0 Å². The predicted molar refractivity (Wildman–Crippen MR) is 104 cm³/mol. The van der Waals surface area contributed by atoms with Crippen LogP contribution in [0.3, 0.4) is 0 Å². The van der Waals surface area contributed by atoms with Gasteiger partial charge in [-0.3, -0.25) is 0 Å². The Kier molecular flexibility index (Phi) is 6.17. The fourth-order valence-electron chi connectivity index (χ4n) is 2.58. The molecule has 0 fully saturated rings. The van der Waals surface area contributed by atoms with E-state index in [-0.39, 0.29) is 10.9 Å². The molecule has 0 aliphatic carbocycles. The Morgan fingerprint density at radius 1 is 0.893 bits per heavy atom. The van der Waals surface area contributed by atoms with E-state index in [1.165, 1.54) is 27.5 Å². The number of benzene rings is 2. The molecule has 0 bridgehead atoms. The molecule has 0 aromatic heterocycles. The number of hydrogen-bond acceptors (Lipinski definition) is 1. The second kappa shape index (κ2) is 7.64. The first-order valence-corrected chi connectivity index (χ1v) is 11.8. The first-order valence-electron chi connectivity index (χ1n) is 8.59. The van der Waals surface area contributed by atoms with Gasteiger partial charge in [-0.05, 0) is 43.2 Å². The number of rotatable bonds is 4. The van der Waals surface area contributed by atoms with Crippen molar-refractivity contribution in [2.45, 2.75) is 42.9 Å². The van der Waals surface area contributed by atoms with Crippen LogP contribution >= 0.6 is 7.81 Å². The molecular formula is C19H21F6OPS. The van der Waals surface area contributed by atoms with Gasteiger partial charge in [0.1, 0.15) is 15.8 Å². The average molecular weight is 442 g/mol. The molecule has 2 aromatic rings. The molecule has 1 nitrogen and oxygen atoms in total. The number of para-hydroxylation sites is 2. The molecule has 0 spiro atoms. The Hall–Kier alpha value is -1.66. The Morgan fingerprint density at radius 3 is 1.75 bits per heavy atom. The molecule has 0 amide bonds.